The molecule has 1 saturated carbocycles. The van der Waals surface area contributed by atoms with Gasteiger partial charge in [0.05, 0.1) is 16.5 Å². The van der Waals surface area contributed by atoms with Crippen LogP contribution in [0.3, 0.4) is 0 Å². The van der Waals surface area contributed by atoms with Crippen molar-refractivity contribution in [3.05, 3.63) is 38.9 Å². The Morgan fingerprint density at radius 1 is 1.48 bits per heavy atom. The molecule has 1 unspecified atom stereocenters. The van der Waals surface area contributed by atoms with Crippen molar-refractivity contribution in [3.63, 3.8) is 0 Å². The zero-order valence-electron chi connectivity index (χ0n) is 13.6. The van der Waals surface area contributed by atoms with Crippen molar-refractivity contribution in [2.45, 2.75) is 38.3 Å². The van der Waals surface area contributed by atoms with Crippen molar-refractivity contribution in [3.8, 4) is 0 Å². The number of hydrogen-bond donors (Lipinski definition) is 2. The fraction of sp³-hybridized carbons (Fsp3) is 0.500. The average Bonchev–Trinajstić information content (AvgIpc) is 3.37. The van der Waals surface area contributed by atoms with Gasteiger partial charge < -0.3 is 15.5 Å². The lowest BCUT2D eigenvalue weighted by molar-refractivity contribution is -0.384. The van der Waals surface area contributed by atoms with E-state index < -0.39 is 10.7 Å². The normalized spacial score (nSPS) is 15.2. The maximum Gasteiger partial charge on any atom is 0.419 e. The lowest BCUT2D eigenvalue weighted by Crippen LogP contribution is -2.38. The number of hydrogen-bond acceptors (Lipinski definition) is 6. The highest BCUT2D eigenvalue weighted by molar-refractivity contribution is 5.76. The first-order valence-corrected chi connectivity index (χ1v) is 8.26. The minimum atomic E-state index is -0.591. The molecule has 1 aromatic carbocycles. The van der Waals surface area contributed by atoms with Crippen molar-refractivity contribution in [1.29, 1.82) is 0 Å². The number of nitrogens with zero attached hydrogens (tertiary/aromatic N) is 2. The number of carbonyl (C=O) groups excluding carboxylic acids is 1. The topological polar surface area (TPSA) is 133 Å². The number of amides is 1. The van der Waals surface area contributed by atoms with Crippen molar-refractivity contribution < 1.29 is 14.1 Å². The molecule has 25 heavy (non-hydrogen) atoms. The van der Waals surface area contributed by atoms with Gasteiger partial charge in [-0.3, -0.25) is 19.5 Å². The van der Waals surface area contributed by atoms with Crippen LogP contribution in [0.5, 0.6) is 0 Å². The van der Waals surface area contributed by atoms with Crippen molar-refractivity contribution >= 4 is 22.7 Å². The number of rotatable bonds is 8. The summed E-state index contributed by atoms with van der Waals surface area (Å²) < 4.78 is 6.42. The van der Waals surface area contributed by atoms with Gasteiger partial charge in [-0.15, -0.1) is 0 Å². The van der Waals surface area contributed by atoms with E-state index in [1.807, 2.05) is 0 Å². The molecule has 1 aliphatic carbocycles. The quantitative estimate of drug-likeness (QED) is 0.543. The molecule has 0 saturated heterocycles. The average molecular weight is 348 g/mol. The molecule has 3 N–H and O–H groups in total. The molecule has 1 aliphatic rings. The Balaban J connectivity index is 1.55. The number of nitrogens with two attached hydrogens (primary N) is 1. The number of nitro groups is 1. The van der Waals surface area contributed by atoms with Crippen LogP contribution in [0.15, 0.2) is 27.4 Å². The number of benzene rings is 1. The number of non-ortho nitro benzene ring substituents is 1. The maximum absolute atomic E-state index is 11.9. The van der Waals surface area contributed by atoms with E-state index in [0.717, 1.165) is 12.8 Å². The monoisotopic (exact) mass is 348 g/mol. The number of fused-ring (bicyclic) bond motifs is 1. The third-order valence-corrected chi connectivity index (χ3v) is 4.41. The maximum atomic E-state index is 11.9. The highest BCUT2D eigenvalue weighted by Gasteiger charge is 2.28. The molecule has 9 heteroatoms. The summed E-state index contributed by atoms with van der Waals surface area (Å²) in [5, 5.41) is 13.6. The van der Waals surface area contributed by atoms with Crippen LogP contribution in [0.4, 0.5) is 5.69 Å². The fourth-order valence-corrected chi connectivity index (χ4v) is 2.79. The molecule has 9 nitrogen and oxygen atoms in total. The summed E-state index contributed by atoms with van der Waals surface area (Å²) in [7, 11) is 0. The molecular formula is C16H20N4O5. The first kappa shape index (κ1) is 17.2. The molecule has 0 bridgehead atoms. The van der Waals surface area contributed by atoms with E-state index in [1.165, 1.54) is 22.8 Å². The van der Waals surface area contributed by atoms with Gasteiger partial charge in [0.15, 0.2) is 5.58 Å². The highest BCUT2D eigenvalue weighted by atomic mass is 16.6. The molecular weight excluding hydrogens is 328 g/mol. The summed E-state index contributed by atoms with van der Waals surface area (Å²) in [6.45, 7) is 0.771. The van der Waals surface area contributed by atoms with E-state index in [0.29, 0.717) is 30.9 Å². The number of aryl methyl sites for hydroxylation is 1. The lowest BCUT2D eigenvalue weighted by atomic mass is 10.2. The van der Waals surface area contributed by atoms with Gasteiger partial charge in [-0.05, 0) is 31.2 Å². The first-order valence-electron chi connectivity index (χ1n) is 8.26. The summed E-state index contributed by atoms with van der Waals surface area (Å²) in [5.41, 5.74) is 6.43. The largest absolute Gasteiger partial charge is 0.419 e. The van der Waals surface area contributed by atoms with Gasteiger partial charge >= 0.3 is 5.76 Å². The van der Waals surface area contributed by atoms with Crippen molar-refractivity contribution in [2.24, 2.45) is 11.7 Å². The predicted molar refractivity (Wildman–Crippen MR) is 90.1 cm³/mol. The van der Waals surface area contributed by atoms with Gasteiger partial charge in [-0.2, -0.15) is 0 Å². The number of aromatic nitrogens is 1. The first-order chi connectivity index (χ1) is 12.0. The van der Waals surface area contributed by atoms with Crippen LogP contribution in [0.25, 0.3) is 11.1 Å². The summed E-state index contributed by atoms with van der Waals surface area (Å²) in [4.78, 5) is 34.0. The summed E-state index contributed by atoms with van der Waals surface area (Å²) in [6.07, 6.45) is 2.98. The second kappa shape index (κ2) is 7.06. The predicted octanol–water partition coefficient (Wildman–Crippen LogP) is 1.14. The van der Waals surface area contributed by atoms with Crippen LogP contribution < -0.4 is 16.8 Å². The van der Waals surface area contributed by atoms with Crippen LogP contribution >= 0.6 is 0 Å². The number of carbonyl (C=O) groups is 1. The Morgan fingerprint density at radius 3 is 2.92 bits per heavy atom. The van der Waals surface area contributed by atoms with Crippen LogP contribution in [0.2, 0.25) is 0 Å². The van der Waals surface area contributed by atoms with E-state index in [1.54, 1.807) is 0 Å². The Morgan fingerprint density at radius 2 is 2.24 bits per heavy atom. The van der Waals surface area contributed by atoms with Crippen LogP contribution in [0, 0.1) is 16.0 Å². The zero-order chi connectivity index (χ0) is 18.0. The Labute approximate surface area is 142 Å². The molecule has 2 aromatic rings. The van der Waals surface area contributed by atoms with E-state index >= 15 is 0 Å². The van der Waals surface area contributed by atoms with Crippen molar-refractivity contribution in [1.82, 2.24) is 9.88 Å². The molecule has 1 fully saturated rings. The van der Waals surface area contributed by atoms with Gasteiger partial charge in [0, 0.05) is 31.6 Å². The smallest absolute Gasteiger partial charge is 0.407 e. The van der Waals surface area contributed by atoms with E-state index in [-0.39, 0.29) is 29.6 Å². The van der Waals surface area contributed by atoms with E-state index in [2.05, 4.69) is 5.32 Å². The Bertz CT molecular complexity index is 852. The molecule has 1 amide bonds. The molecule has 0 spiro atoms. The van der Waals surface area contributed by atoms with Crippen LogP contribution in [-0.4, -0.2) is 28.0 Å². The second-order valence-electron chi connectivity index (χ2n) is 6.34. The Hall–Kier alpha value is -2.68. The van der Waals surface area contributed by atoms with Gasteiger partial charge in [-0.25, -0.2) is 4.79 Å². The minimum absolute atomic E-state index is 0.0141. The molecule has 1 aromatic heterocycles. The standard InChI is InChI=1S/C16H20N4O5/c17-12(10-3-4-10)9-18-15(21)2-1-7-19-13-6-5-11(20(23)24)8-14(13)25-16(19)22/h5-6,8,10,12H,1-4,7,9,17H2,(H,18,21). The molecule has 3 rings (SSSR count). The molecule has 134 valence electrons. The summed E-state index contributed by atoms with van der Waals surface area (Å²) in [5.74, 6) is -0.167. The van der Waals surface area contributed by atoms with Crippen LogP contribution in [-0.2, 0) is 11.3 Å². The number of nitro benzene ring substituents is 1. The zero-order valence-corrected chi connectivity index (χ0v) is 13.6. The molecule has 1 heterocycles. The minimum Gasteiger partial charge on any atom is -0.407 e. The third-order valence-electron chi connectivity index (χ3n) is 4.41. The molecule has 0 aliphatic heterocycles. The highest BCUT2D eigenvalue weighted by Crippen LogP contribution is 2.31. The molecule has 0 radical (unpaired) electrons. The van der Waals surface area contributed by atoms with Gasteiger partial charge in [0.25, 0.3) is 5.69 Å². The second-order valence-corrected chi connectivity index (χ2v) is 6.34. The number of oxazole rings is 1. The number of nitrogens with one attached hydrogen (secondary N) is 1. The van der Waals surface area contributed by atoms with E-state index in [9.17, 15) is 19.7 Å². The van der Waals surface area contributed by atoms with Gasteiger partial charge in [0.1, 0.15) is 0 Å². The Kier molecular flexibility index (Phi) is 4.84. The molecule has 1 atom stereocenters. The van der Waals surface area contributed by atoms with Gasteiger partial charge in [0.2, 0.25) is 5.91 Å². The van der Waals surface area contributed by atoms with Gasteiger partial charge in [-0.1, -0.05) is 0 Å². The summed E-state index contributed by atoms with van der Waals surface area (Å²) in [6, 6.07) is 4.03. The van der Waals surface area contributed by atoms with E-state index in [4.69, 9.17) is 10.2 Å². The fourth-order valence-electron chi connectivity index (χ4n) is 2.79. The van der Waals surface area contributed by atoms with Crippen LogP contribution in [0.1, 0.15) is 25.7 Å². The SMILES string of the molecule is NC(CNC(=O)CCCn1c(=O)oc2cc([N+](=O)[O-])ccc21)C1CC1. The summed E-state index contributed by atoms with van der Waals surface area (Å²) >= 11 is 0. The third kappa shape index (κ3) is 4.05. The lowest BCUT2D eigenvalue weighted by Gasteiger charge is -2.11. The van der Waals surface area contributed by atoms with Crippen molar-refractivity contribution in [2.75, 3.05) is 6.54 Å².